The van der Waals surface area contributed by atoms with E-state index in [0.717, 1.165) is 66.8 Å². The third kappa shape index (κ3) is 7.34. The van der Waals surface area contributed by atoms with Gasteiger partial charge in [-0.2, -0.15) is 0 Å². The van der Waals surface area contributed by atoms with Crippen LogP contribution in [0.3, 0.4) is 0 Å². The molecule has 2 aromatic rings. The number of nitrogens with zero attached hydrogens (tertiary/aromatic N) is 4. The number of amides is 1. The van der Waals surface area contributed by atoms with Crippen molar-refractivity contribution >= 4 is 17.9 Å². The molecule has 0 radical (unpaired) electrons. The second-order valence-corrected chi connectivity index (χ2v) is 12.3. The highest BCUT2D eigenvalue weighted by molar-refractivity contribution is 5.94. The van der Waals surface area contributed by atoms with Gasteiger partial charge in [0.25, 0.3) is 0 Å². The molecule has 0 aliphatic heterocycles. The highest BCUT2D eigenvalue weighted by Crippen LogP contribution is 2.40. The molecule has 3 aliphatic rings. The number of methoxy groups -OCH3 is 1. The Hall–Kier alpha value is -3.26. The highest BCUT2D eigenvalue weighted by atomic mass is 16.5. The van der Waals surface area contributed by atoms with E-state index in [1.54, 1.807) is 19.6 Å². The number of carbonyl (C=O) groups is 1. The van der Waals surface area contributed by atoms with Crippen LogP contribution in [0.2, 0.25) is 0 Å². The van der Waals surface area contributed by atoms with Crippen LogP contribution in [0.4, 0.5) is 5.82 Å². The summed E-state index contributed by atoms with van der Waals surface area (Å²) in [6.45, 7) is 8.89. The summed E-state index contributed by atoms with van der Waals surface area (Å²) in [4.78, 5) is 29.7. The minimum absolute atomic E-state index is 0.0882. The van der Waals surface area contributed by atoms with Gasteiger partial charge >= 0.3 is 0 Å². The van der Waals surface area contributed by atoms with Gasteiger partial charge in [-0.3, -0.25) is 9.69 Å². The molecule has 2 aromatic heterocycles. The number of hydrogen-bond acceptors (Lipinski definition) is 7. The van der Waals surface area contributed by atoms with E-state index in [4.69, 9.17) is 14.1 Å². The molecule has 8 heteroatoms. The lowest BCUT2D eigenvalue weighted by Crippen LogP contribution is -2.42. The average molecular weight is 561 g/mol. The second kappa shape index (κ2) is 13.1. The number of carbonyl (C=O) groups excluding carboxylic acids is 1. The first-order valence-electron chi connectivity index (χ1n) is 15.2. The molecule has 0 saturated heterocycles. The highest BCUT2D eigenvalue weighted by Gasteiger charge is 2.33. The summed E-state index contributed by atoms with van der Waals surface area (Å²) < 4.78 is 11.1. The molecule has 8 nitrogen and oxygen atoms in total. The first-order chi connectivity index (χ1) is 19.8. The van der Waals surface area contributed by atoms with E-state index in [1.165, 1.54) is 0 Å². The molecule has 41 heavy (non-hydrogen) atoms. The van der Waals surface area contributed by atoms with E-state index in [9.17, 15) is 9.90 Å². The van der Waals surface area contributed by atoms with Crippen LogP contribution < -0.4 is 4.90 Å². The number of anilines is 1. The van der Waals surface area contributed by atoms with Gasteiger partial charge in [-0.15, -0.1) is 0 Å². The van der Waals surface area contributed by atoms with E-state index >= 15 is 0 Å². The van der Waals surface area contributed by atoms with Crippen molar-refractivity contribution in [1.29, 1.82) is 0 Å². The molecule has 1 amide bonds. The number of oxazole rings is 1. The zero-order valence-corrected chi connectivity index (χ0v) is 24.7. The smallest absolute Gasteiger partial charge is 0.231 e. The molecule has 0 spiro atoms. The Morgan fingerprint density at radius 1 is 1.12 bits per heavy atom. The Morgan fingerprint density at radius 3 is 2.49 bits per heavy atom. The fourth-order valence-electron chi connectivity index (χ4n) is 6.11. The van der Waals surface area contributed by atoms with Crippen LogP contribution in [-0.4, -0.2) is 47.0 Å². The SMILES string of the molecule is C=C(C=NC(OC)=C(C)C)C1CCC(CN(C(=O)C2CCC(O)CC2)c2cc(-c3coc(C4CC4)n3)ccn2)CC1. The molecule has 5 rings (SSSR count). The van der Waals surface area contributed by atoms with Gasteiger partial charge in [0.15, 0.2) is 5.89 Å². The summed E-state index contributed by atoms with van der Waals surface area (Å²) in [7, 11) is 1.64. The average Bonchev–Trinajstić information content (AvgIpc) is 3.72. The summed E-state index contributed by atoms with van der Waals surface area (Å²) in [6.07, 6.45) is 14.1. The summed E-state index contributed by atoms with van der Waals surface area (Å²) in [5, 5.41) is 10.0. The van der Waals surface area contributed by atoms with Crippen molar-refractivity contribution in [3.05, 3.63) is 54.1 Å². The normalized spacial score (nSPS) is 24.7. The van der Waals surface area contributed by atoms with Gasteiger partial charge in [0.05, 0.1) is 13.2 Å². The van der Waals surface area contributed by atoms with Crippen LogP contribution in [0.15, 0.2) is 57.6 Å². The fraction of sp³-hybridized carbons (Fsp3) is 0.576. The Morgan fingerprint density at radius 2 is 1.83 bits per heavy atom. The van der Waals surface area contributed by atoms with Crippen LogP contribution in [-0.2, 0) is 9.53 Å². The van der Waals surface area contributed by atoms with E-state index in [1.807, 2.05) is 37.1 Å². The van der Waals surface area contributed by atoms with Gasteiger partial charge in [-0.25, -0.2) is 15.0 Å². The number of aliphatic hydroxyl groups excluding tert-OH is 1. The third-order valence-electron chi connectivity index (χ3n) is 8.86. The standard InChI is InChI=1S/C33H44N4O4/c1-21(2)31(40-4)35-18-22(3)24-7-5-23(6-8-24)19-37(33(39)26-11-13-28(38)14-12-26)30-17-27(15-16-34-30)29-20-41-32(36-29)25-9-10-25/h15-18,20,23-26,28,38H,3,5-14,19H2,1-2,4H3. The molecule has 1 N–H and O–H groups in total. The number of aromatic nitrogens is 2. The van der Waals surface area contributed by atoms with Crippen molar-refractivity contribution in [2.75, 3.05) is 18.6 Å². The van der Waals surface area contributed by atoms with Crippen molar-refractivity contribution in [1.82, 2.24) is 9.97 Å². The monoisotopic (exact) mass is 560 g/mol. The Balaban J connectivity index is 1.29. The number of aliphatic imine (C=N–C) groups is 1. The number of pyridine rings is 1. The minimum Gasteiger partial charge on any atom is -0.481 e. The Bertz CT molecular complexity index is 1270. The summed E-state index contributed by atoms with van der Waals surface area (Å²) in [5.41, 5.74) is 3.75. The van der Waals surface area contributed by atoms with Gasteiger partial charge in [0.2, 0.25) is 11.8 Å². The predicted octanol–water partition coefficient (Wildman–Crippen LogP) is 6.83. The lowest BCUT2D eigenvalue weighted by atomic mass is 9.78. The number of aliphatic hydroxyl groups is 1. The minimum atomic E-state index is -0.301. The van der Waals surface area contributed by atoms with Crippen LogP contribution in [0.25, 0.3) is 11.3 Å². The Labute approximate surface area is 243 Å². The number of allylic oxidation sites excluding steroid dienone is 2. The molecule has 0 atom stereocenters. The molecule has 0 aromatic carbocycles. The third-order valence-corrected chi connectivity index (χ3v) is 8.86. The lowest BCUT2D eigenvalue weighted by molar-refractivity contribution is -0.124. The van der Waals surface area contributed by atoms with E-state index in [-0.39, 0.29) is 17.9 Å². The molecule has 0 unspecified atom stereocenters. The second-order valence-electron chi connectivity index (χ2n) is 12.3. The van der Waals surface area contributed by atoms with Gasteiger partial charge < -0.3 is 14.3 Å². The first kappa shape index (κ1) is 29.2. The van der Waals surface area contributed by atoms with E-state index in [2.05, 4.69) is 16.6 Å². The maximum atomic E-state index is 14.0. The van der Waals surface area contributed by atoms with E-state index < -0.39 is 0 Å². The van der Waals surface area contributed by atoms with Crippen molar-refractivity contribution < 1.29 is 19.1 Å². The lowest BCUT2D eigenvalue weighted by Gasteiger charge is -2.35. The van der Waals surface area contributed by atoms with Gasteiger partial charge in [-0.05, 0) is 113 Å². The zero-order chi connectivity index (χ0) is 28.9. The molecular formula is C33H44N4O4. The molecule has 3 fully saturated rings. The van der Waals surface area contributed by atoms with Crippen LogP contribution in [0.1, 0.15) is 89.9 Å². The maximum absolute atomic E-state index is 14.0. The Kier molecular flexibility index (Phi) is 9.38. The molecule has 3 aliphatic carbocycles. The molecule has 2 heterocycles. The quantitative estimate of drug-likeness (QED) is 0.252. The van der Waals surface area contributed by atoms with Crippen LogP contribution in [0.5, 0.6) is 0 Å². The van der Waals surface area contributed by atoms with Gasteiger partial charge in [-0.1, -0.05) is 6.58 Å². The topological polar surface area (TPSA) is 101 Å². The number of ether oxygens (including phenoxy) is 1. The largest absolute Gasteiger partial charge is 0.481 e. The molecule has 220 valence electrons. The maximum Gasteiger partial charge on any atom is 0.231 e. The summed E-state index contributed by atoms with van der Waals surface area (Å²) in [5.74, 6) is 3.33. The first-order valence-corrected chi connectivity index (χ1v) is 15.2. The number of rotatable bonds is 10. The number of hydrogen-bond donors (Lipinski definition) is 1. The van der Waals surface area contributed by atoms with E-state index in [0.29, 0.717) is 61.7 Å². The summed E-state index contributed by atoms with van der Waals surface area (Å²) >= 11 is 0. The predicted molar refractivity (Wildman–Crippen MR) is 160 cm³/mol. The van der Waals surface area contributed by atoms with Crippen molar-refractivity contribution in [2.24, 2.45) is 22.7 Å². The van der Waals surface area contributed by atoms with Crippen LogP contribution >= 0.6 is 0 Å². The summed E-state index contributed by atoms with van der Waals surface area (Å²) in [6, 6.07) is 3.91. The zero-order valence-electron chi connectivity index (χ0n) is 24.7. The van der Waals surface area contributed by atoms with Crippen LogP contribution in [0, 0.1) is 17.8 Å². The fourth-order valence-corrected chi connectivity index (χ4v) is 6.11. The van der Waals surface area contributed by atoms with Crippen molar-refractivity contribution in [3.8, 4) is 11.3 Å². The molecule has 3 saturated carbocycles. The van der Waals surface area contributed by atoms with Gasteiger partial charge in [0.1, 0.15) is 17.8 Å². The van der Waals surface area contributed by atoms with Crippen molar-refractivity contribution in [3.63, 3.8) is 0 Å². The van der Waals surface area contributed by atoms with Gasteiger partial charge in [0, 0.05) is 36.4 Å². The molecule has 0 bridgehead atoms. The van der Waals surface area contributed by atoms with Crippen molar-refractivity contribution in [2.45, 2.75) is 90.1 Å². The molecular weight excluding hydrogens is 516 g/mol.